The van der Waals surface area contributed by atoms with Crippen molar-refractivity contribution in [3.8, 4) is 6.07 Å². The van der Waals surface area contributed by atoms with Gasteiger partial charge in [0.2, 0.25) is 5.91 Å². The smallest absolute Gasteiger partial charge is 0.246 e. The third kappa shape index (κ3) is 1.37. The number of carbonyl (C=O) groups excluding carboxylic acids is 1. The summed E-state index contributed by atoms with van der Waals surface area (Å²) in [6, 6.07) is 2.41. The minimum absolute atomic E-state index is 0.00120. The number of fused-ring (bicyclic) bond motifs is 1. The molecule has 1 aliphatic carbocycles. The van der Waals surface area contributed by atoms with E-state index in [4.69, 9.17) is 0 Å². The molecule has 0 aromatic rings. The molecule has 0 bridgehead atoms. The highest BCUT2D eigenvalue weighted by Crippen LogP contribution is 2.44. The van der Waals surface area contributed by atoms with Gasteiger partial charge in [0.15, 0.2) is 0 Å². The van der Waals surface area contributed by atoms with Gasteiger partial charge < -0.3 is 4.90 Å². The van der Waals surface area contributed by atoms with Crippen molar-refractivity contribution in [3.05, 3.63) is 23.3 Å². The molecule has 16 heavy (non-hydrogen) atoms. The van der Waals surface area contributed by atoms with E-state index >= 15 is 0 Å². The van der Waals surface area contributed by atoms with E-state index in [9.17, 15) is 10.1 Å². The molecule has 0 radical (unpaired) electrons. The molecule has 0 saturated heterocycles. The number of rotatable bonds is 0. The van der Waals surface area contributed by atoms with Crippen LogP contribution in [0.5, 0.6) is 0 Å². The second kappa shape index (κ2) is 3.48. The third-order valence-electron chi connectivity index (χ3n) is 3.93. The molecule has 0 aromatic carbocycles. The van der Waals surface area contributed by atoms with Crippen molar-refractivity contribution in [1.29, 1.82) is 5.26 Å². The van der Waals surface area contributed by atoms with Crippen molar-refractivity contribution in [2.45, 2.75) is 32.7 Å². The summed E-state index contributed by atoms with van der Waals surface area (Å²) in [4.78, 5) is 13.3. The van der Waals surface area contributed by atoms with E-state index < -0.39 is 5.41 Å². The molecule has 0 aromatic heterocycles. The van der Waals surface area contributed by atoms with Crippen LogP contribution < -0.4 is 0 Å². The minimum Gasteiger partial charge on any atom is -0.337 e. The topological polar surface area (TPSA) is 44.1 Å². The van der Waals surface area contributed by atoms with Crippen LogP contribution in [-0.4, -0.2) is 23.9 Å². The number of likely N-dealkylation sites (N-methyl/N-ethyl adjacent to an activating group) is 1. The van der Waals surface area contributed by atoms with E-state index in [0.29, 0.717) is 0 Å². The summed E-state index contributed by atoms with van der Waals surface area (Å²) in [7, 11) is 1.79. The molecule has 0 fully saturated rings. The van der Waals surface area contributed by atoms with Crippen LogP contribution in [0, 0.1) is 16.7 Å². The molecule has 84 valence electrons. The predicted molar refractivity (Wildman–Crippen MR) is 61.4 cm³/mol. The van der Waals surface area contributed by atoms with E-state index in [-0.39, 0.29) is 11.9 Å². The lowest BCUT2D eigenvalue weighted by Gasteiger charge is -2.44. The van der Waals surface area contributed by atoms with E-state index in [1.54, 1.807) is 18.0 Å². The Morgan fingerprint density at radius 1 is 1.50 bits per heavy atom. The summed E-state index contributed by atoms with van der Waals surface area (Å²) in [5.74, 6) is 0.00299. The quantitative estimate of drug-likeness (QED) is 0.581. The average molecular weight is 216 g/mol. The molecule has 0 N–H and O–H groups in total. The Hall–Kier alpha value is -1.56. The van der Waals surface area contributed by atoms with Gasteiger partial charge in [0.05, 0.1) is 12.1 Å². The Labute approximate surface area is 96.0 Å². The van der Waals surface area contributed by atoms with Crippen LogP contribution in [0.3, 0.4) is 0 Å². The molecule has 3 nitrogen and oxygen atoms in total. The molecule has 2 aliphatic rings. The van der Waals surface area contributed by atoms with Crippen molar-refractivity contribution < 1.29 is 4.79 Å². The zero-order chi connectivity index (χ0) is 11.9. The Bertz CT molecular complexity index is 441. The highest BCUT2D eigenvalue weighted by atomic mass is 16.2. The van der Waals surface area contributed by atoms with Gasteiger partial charge in [-0.1, -0.05) is 17.2 Å². The van der Waals surface area contributed by atoms with Crippen molar-refractivity contribution >= 4 is 5.91 Å². The second-order valence-electron chi connectivity index (χ2n) is 4.89. The average Bonchev–Trinajstić information content (AvgIpc) is 2.27. The van der Waals surface area contributed by atoms with Gasteiger partial charge in [0.1, 0.15) is 5.41 Å². The van der Waals surface area contributed by atoms with Crippen molar-refractivity contribution in [3.63, 3.8) is 0 Å². The number of nitriles is 1. The van der Waals surface area contributed by atoms with Crippen molar-refractivity contribution in [1.82, 2.24) is 4.90 Å². The summed E-state index contributed by atoms with van der Waals surface area (Å²) >= 11 is 0. The van der Waals surface area contributed by atoms with Gasteiger partial charge in [-0.3, -0.25) is 4.79 Å². The van der Waals surface area contributed by atoms with Gasteiger partial charge in [-0.05, 0) is 26.7 Å². The molecule has 1 heterocycles. The maximum atomic E-state index is 11.6. The molecule has 3 heteroatoms. The monoisotopic (exact) mass is 216 g/mol. The Morgan fingerprint density at radius 3 is 2.81 bits per heavy atom. The number of carbonyl (C=O) groups is 1. The first kappa shape index (κ1) is 10.9. The highest BCUT2D eigenvalue weighted by molar-refractivity contribution is 5.89. The molecular weight excluding hydrogens is 200 g/mol. The fourth-order valence-electron chi connectivity index (χ4n) is 2.65. The number of allylic oxidation sites excluding steroid dienone is 1. The summed E-state index contributed by atoms with van der Waals surface area (Å²) in [6.07, 6.45) is 4.89. The van der Waals surface area contributed by atoms with Gasteiger partial charge in [-0.2, -0.15) is 5.26 Å². The van der Waals surface area contributed by atoms with E-state index in [1.807, 2.05) is 0 Å². The lowest BCUT2D eigenvalue weighted by molar-refractivity contribution is -0.129. The molecule has 2 rings (SSSR count). The fraction of sp³-hybridized carbons (Fsp3) is 0.538. The second-order valence-corrected chi connectivity index (χ2v) is 4.89. The molecule has 2 atom stereocenters. The molecule has 0 spiro atoms. The first-order valence-corrected chi connectivity index (χ1v) is 5.53. The molecule has 1 amide bonds. The maximum Gasteiger partial charge on any atom is 0.246 e. The van der Waals surface area contributed by atoms with Crippen LogP contribution >= 0.6 is 0 Å². The van der Waals surface area contributed by atoms with Gasteiger partial charge in [-0.25, -0.2) is 0 Å². The van der Waals surface area contributed by atoms with Crippen LogP contribution in [0.15, 0.2) is 23.3 Å². The lowest BCUT2D eigenvalue weighted by atomic mass is 9.67. The van der Waals surface area contributed by atoms with Crippen molar-refractivity contribution in [2.24, 2.45) is 5.41 Å². The number of nitrogens with zero attached hydrogens (tertiary/aromatic N) is 2. The van der Waals surface area contributed by atoms with E-state index in [1.165, 1.54) is 17.2 Å². The SMILES string of the molecule is CC1=C(C)C[C@]2(C#N)C=CC(=O)N(C)[C@@H]2C1. The highest BCUT2D eigenvalue weighted by Gasteiger charge is 2.46. The number of amides is 1. The standard InChI is InChI=1S/C13H16N2O/c1-9-6-11-13(8-14,7-10(9)2)5-4-12(16)15(11)3/h4-5,11H,6-7H2,1-3H3/t11-,13+/m1/s1. The molecule has 0 saturated carbocycles. The summed E-state index contributed by atoms with van der Waals surface area (Å²) in [6.45, 7) is 4.17. The number of hydrogen-bond donors (Lipinski definition) is 0. The van der Waals surface area contributed by atoms with Gasteiger partial charge in [0, 0.05) is 13.1 Å². The van der Waals surface area contributed by atoms with Crippen LogP contribution in [0.25, 0.3) is 0 Å². The Balaban J connectivity index is 2.49. The third-order valence-corrected chi connectivity index (χ3v) is 3.93. The minimum atomic E-state index is -0.508. The zero-order valence-electron chi connectivity index (χ0n) is 9.95. The Morgan fingerprint density at radius 2 is 2.19 bits per heavy atom. The van der Waals surface area contributed by atoms with Crippen LogP contribution in [0.1, 0.15) is 26.7 Å². The normalized spacial score (nSPS) is 33.8. The predicted octanol–water partition coefficient (Wildman–Crippen LogP) is 2.02. The van der Waals surface area contributed by atoms with E-state index in [0.717, 1.165) is 12.8 Å². The maximum absolute atomic E-state index is 11.6. The first-order chi connectivity index (χ1) is 7.50. The zero-order valence-corrected chi connectivity index (χ0v) is 9.95. The first-order valence-electron chi connectivity index (χ1n) is 5.53. The Kier molecular flexibility index (Phi) is 2.38. The summed E-state index contributed by atoms with van der Waals surface area (Å²) < 4.78 is 0. The summed E-state index contributed by atoms with van der Waals surface area (Å²) in [5.41, 5.74) is 2.09. The van der Waals surface area contributed by atoms with Crippen LogP contribution in [0.4, 0.5) is 0 Å². The molecule has 0 unspecified atom stereocenters. The van der Waals surface area contributed by atoms with Gasteiger partial charge in [-0.15, -0.1) is 0 Å². The largest absolute Gasteiger partial charge is 0.337 e. The fourth-order valence-corrected chi connectivity index (χ4v) is 2.65. The van der Waals surface area contributed by atoms with Gasteiger partial charge >= 0.3 is 0 Å². The lowest BCUT2D eigenvalue weighted by Crippen LogP contribution is -2.51. The van der Waals surface area contributed by atoms with Crippen LogP contribution in [-0.2, 0) is 4.79 Å². The van der Waals surface area contributed by atoms with Crippen molar-refractivity contribution in [2.75, 3.05) is 7.05 Å². The van der Waals surface area contributed by atoms with Gasteiger partial charge in [0.25, 0.3) is 0 Å². The summed E-state index contributed by atoms with van der Waals surface area (Å²) in [5, 5.41) is 9.42. The molecular formula is C13H16N2O. The van der Waals surface area contributed by atoms with E-state index in [2.05, 4.69) is 19.9 Å². The number of hydrogen-bond acceptors (Lipinski definition) is 2. The molecule has 1 aliphatic heterocycles. The van der Waals surface area contributed by atoms with Crippen LogP contribution in [0.2, 0.25) is 0 Å².